The third-order valence-electron chi connectivity index (χ3n) is 3.26. The summed E-state index contributed by atoms with van der Waals surface area (Å²) in [4.78, 5) is 0.178. The van der Waals surface area contributed by atoms with Crippen molar-refractivity contribution in [3.05, 3.63) is 28.2 Å². The summed E-state index contributed by atoms with van der Waals surface area (Å²) in [5.74, 6) is 0. The van der Waals surface area contributed by atoms with Crippen LogP contribution < -0.4 is 5.14 Å². The molecule has 1 aromatic carbocycles. The van der Waals surface area contributed by atoms with Crippen molar-refractivity contribution < 1.29 is 16.8 Å². The fraction of sp³-hybridized carbons (Fsp3) is 0.455. The number of nitrogens with zero attached hydrogens (tertiary/aromatic N) is 2. The van der Waals surface area contributed by atoms with Crippen LogP contribution in [0.3, 0.4) is 0 Å². The molecule has 0 atom stereocenters. The highest BCUT2D eigenvalue weighted by atomic mass is 79.9. The molecule has 2 N–H and O–H groups in total. The van der Waals surface area contributed by atoms with Gasteiger partial charge in [0.05, 0.1) is 4.90 Å². The minimum Gasteiger partial charge on any atom is -0.216 e. The fourth-order valence-electron chi connectivity index (χ4n) is 2.12. The standard InChI is InChI=1S/C11H16BrN3O4S2/c1-9-2-3-11(10(12)8-9)20(16,17)14-4-6-15(7-5-14)21(13,18)19/h2-3,8H,4-7H2,1H3,(H2,13,18,19). The van der Waals surface area contributed by atoms with Gasteiger partial charge in [-0.2, -0.15) is 17.0 Å². The summed E-state index contributed by atoms with van der Waals surface area (Å²) in [6, 6.07) is 4.99. The molecule has 0 unspecified atom stereocenters. The van der Waals surface area contributed by atoms with E-state index in [-0.39, 0.29) is 31.1 Å². The van der Waals surface area contributed by atoms with Gasteiger partial charge in [-0.3, -0.25) is 0 Å². The highest BCUT2D eigenvalue weighted by Gasteiger charge is 2.32. The van der Waals surface area contributed by atoms with Crippen molar-refractivity contribution in [3.63, 3.8) is 0 Å². The van der Waals surface area contributed by atoms with E-state index in [1.165, 1.54) is 4.31 Å². The van der Waals surface area contributed by atoms with Crippen molar-refractivity contribution in [1.82, 2.24) is 8.61 Å². The minimum absolute atomic E-state index is 0.0571. The van der Waals surface area contributed by atoms with Crippen LogP contribution in [0.25, 0.3) is 0 Å². The second kappa shape index (κ2) is 5.94. The van der Waals surface area contributed by atoms with Crippen molar-refractivity contribution in [1.29, 1.82) is 0 Å². The fourth-order valence-corrected chi connectivity index (χ4v) is 5.37. The number of hydrogen-bond donors (Lipinski definition) is 1. The minimum atomic E-state index is -3.77. The second-order valence-electron chi connectivity index (χ2n) is 4.78. The number of hydrogen-bond acceptors (Lipinski definition) is 4. The number of nitrogens with two attached hydrogens (primary N) is 1. The van der Waals surface area contributed by atoms with Crippen molar-refractivity contribution in [2.24, 2.45) is 5.14 Å². The Bertz CT molecular complexity index is 741. The zero-order valence-corrected chi connectivity index (χ0v) is 14.6. The van der Waals surface area contributed by atoms with Gasteiger partial charge in [0.1, 0.15) is 0 Å². The first-order valence-electron chi connectivity index (χ1n) is 6.16. The second-order valence-corrected chi connectivity index (χ2v) is 9.09. The summed E-state index contributed by atoms with van der Waals surface area (Å²) in [5, 5.41) is 5.04. The lowest BCUT2D eigenvalue weighted by Gasteiger charge is -2.32. The molecule has 1 aliphatic rings. The molecule has 0 bridgehead atoms. The van der Waals surface area contributed by atoms with Crippen LogP contribution >= 0.6 is 15.9 Å². The third-order valence-corrected chi connectivity index (χ3v) is 7.22. The molecule has 2 rings (SSSR count). The zero-order valence-electron chi connectivity index (χ0n) is 11.4. The average molecular weight is 398 g/mol. The molecule has 1 heterocycles. The third kappa shape index (κ3) is 3.63. The summed E-state index contributed by atoms with van der Waals surface area (Å²) in [6.07, 6.45) is 0. The predicted molar refractivity (Wildman–Crippen MR) is 82.3 cm³/mol. The Hall–Kier alpha value is -0.520. The van der Waals surface area contributed by atoms with E-state index in [0.717, 1.165) is 9.87 Å². The smallest absolute Gasteiger partial charge is 0.216 e. The molecule has 21 heavy (non-hydrogen) atoms. The van der Waals surface area contributed by atoms with Crippen molar-refractivity contribution in [2.45, 2.75) is 11.8 Å². The summed E-state index contributed by atoms with van der Waals surface area (Å²) in [6.45, 7) is 2.15. The first-order valence-corrected chi connectivity index (χ1v) is 9.90. The lowest BCUT2D eigenvalue weighted by molar-refractivity contribution is 0.273. The molecule has 7 nitrogen and oxygen atoms in total. The molecule has 1 fully saturated rings. The van der Waals surface area contributed by atoms with Crippen molar-refractivity contribution in [2.75, 3.05) is 26.2 Å². The summed E-state index contributed by atoms with van der Waals surface area (Å²) < 4.78 is 50.4. The molecular formula is C11H16BrN3O4S2. The molecule has 10 heteroatoms. The van der Waals surface area contributed by atoms with E-state index in [1.54, 1.807) is 18.2 Å². The molecule has 1 saturated heterocycles. The topological polar surface area (TPSA) is 101 Å². The van der Waals surface area contributed by atoms with Crippen LogP contribution in [0.2, 0.25) is 0 Å². The monoisotopic (exact) mass is 397 g/mol. The van der Waals surface area contributed by atoms with Crippen LogP contribution in [0.4, 0.5) is 0 Å². The van der Waals surface area contributed by atoms with Crippen LogP contribution in [0.1, 0.15) is 5.56 Å². The zero-order chi connectivity index (χ0) is 15.8. The average Bonchev–Trinajstić information content (AvgIpc) is 2.37. The van der Waals surface area contributed by atoms with E-state index < -0.39 is 20.2 Å². The molecule has 0 aromatic heterocycles. The van der Waals surface area contributed by atoms with Gasteiger partial charge in [0.15, 0.2) is 0 Å². The van der Waals surface area contributed by atoms with E-state index in [4.69, 9.17) is 5.14 Å². The largest absolute Gasteiger partial charge is 0.276 e. The van der Waals surface area contributed by atoms with E-state index in [1.807, 2.05) is 6.92 Å². The molecule has 0 spiro atoms. The van der Waals surface area contributed by atoms with Crippen LogP contribution in [0, 0.1) is 6.92 Å². The summed E-state index contributed by atoms with van der Waals surface area (Å²) in [5.41, 5.74) is 0.944. The molecule has 1 aliphatic heterocycles. The normalized spacial score (nSPS) is 18.8. The Kier molecular flexibility index (Phi) is 4.76. The van der Waals surface area contributed by atoms with Crippen molar-refractivity contribution in [3.8, 4) is 0 Å². The number of rotatable bonds is 3. The first-order chi connectivity index (χ1) is 9.62. The number of aryl methyl sites for hydroxylation is 1. The predicted octanol–water partition coefficient (Wildman–Crippen LogP) is 0.267. The SMILES string of the molecule is Cc1ccc(S(=O)(=O)N2CCN(S(N)(=O)=O)CC2)c(Br)c1. The van der Waals surface area contributed by atoms with Gasteiger partial charge >= 0.3 is 0 Å². The Balaban J connectivity index is 2.23. The van der Waals surface area contributed by atoms with Gasteiger partial charge in [0, 0.05) is 30.7 Å². The van der Waals surface area contributed by atoms with Gasteiger partial charge in [-0.1, -0.05) is 6.07 Å². The lowest BCUT2D eigenvalue weighted by Crippen LogP contribution is -2.52. The van der Waals surface area contributed by atoms with E-state index in [0.29, 0.717) is 4.47 Å². The Morgan fingerprint density at radius 1 is 1.05 bits per heavy atom. The highest BCUT2D eigenvalue weighted by molar-refractivity contribution is 9.10. The highest BCUT2D eigenvalue weighted by Crippen LogP contribution is 2.26. The molecular weight excluding hydrogens is 382 g/mol. The molecule has 0 saturated carbocycles. The maximum Gasteiger partial charge on any atom is 0.276 e. The van der Waals surface area contributed by atoms with Crippen molar-refractivity contribution >= 4 is 36.2 Å². The van der Waals surface area contributed by atoms with E-state index in [2.05, 4.69) is 15.9 Å². The van der Waals surface area contributed by atoms with Gasteiger partial charge in [0.25, 0.3) is 10.2 Å². The first kappa shape index (κ1) is 16.8. The van der Waals surface area contributed by atoms with E-state index in [9.17, 15) is 16.8 Å². The van der Waals surface area contributed by atoms with Crippen LogP contribution in [0.15, 0.2) is 27.6 Å². The molecule has 1 aromatic rings. The van der Waals surface area contributed by atoms with Crippen LogP contribution in [-0.2, 0) is 20.2 Å². The summed E-state index contributed by atoms with van der Waals surface area (Å²) >= 11 is 3.26. The Morgan fingerprint density at radius 3 is 2.05 bits per heavy atom. The molecule has 0 radical (unpaired) electrons. The maximum absolute atomic E-state index is 12.6. The Morgan fingerprint density at radius 2 is 1.57 bits per heavy atom. The molecule has 0 aliphatic carbocycles. The number of piperazine rings is 1. The number of benzene rings is 1. The van der Waals surface area contributed by atoms with Gasteiger partial charge < -0.3 is 0 Å². The summed E-state index contributed by atoms with van der Waals surface area (Å²) in [7, 11) is -7.42. The van der Waals surface area contributed by atoms with Crippen LogP contribution in [-0.4, -0.2) is 51.6 Å². The molecule has 0 amide bonds. The molecule has 118 valence electrons. The van der Waals surface area contributed by atoms with Gasteiger partial charge in [0.2, 0.25) is 10.0 Å². The van der Waals surface area contributed by atoms with Crippen LogP contribution in [0.5, 0.6) is 0 Å². The van der Waals surface area contributed by atoms with E-state index >= 15 is 0 Å². The lowest BCUT2D eigenvalue weighted by atomic mass is 10.2. The van der Waals surface area contributed by atoms with Gasteiger partial charge in [-0.25, -0.2) is 13.6 Å². The maximum atomic E-state index is 12.6. The van der Waals surface area contributed by atoms with Gasteiger partial charge in [-0.05, 0) is 40.5 Å². The Labute approximate surface area is 133 Å². The number of halogens is 1. The quantitative estimate of drug-likeness (QED) is 0.790. The number of sulfonamides is 1. The van der Waals surface area contributed by atoms with Gasteiger partial charge in [-0.15, -0.1) is 0 Å².